The van der Waals surface area contributed by atoms with Gasteiger partial charge in [-0.2, -0.15) is 0 Å². The summed E-state index contributed by atoms with van der Waals surface area (Å²) < 4.78 is 54.8. The molecule has 3 aromatic rings. The minimum Gasteiger partial charge on any atom is -0.346 e. The van der Waals surface area contributed by atoms with Crippen LogP contribution in [-0.2, 0) is 16.0 Å². The van der Waals surface area contributed by atoms with E-state index in [1.54, 1.807) is 18.2 Å². The van der Waals surface area contributed by atoms with Gasteiger partial charge in [0.05, 0.1) is 17.5 Å². The van der Waals surface area contributed by atoms with E-state index in [1.807, 2.05) is 5.32 Å². The summed E-state index contributed by atoms with van der Waals surface area (Å²) in [6.45, 7) is 0.980. The molecule has 33 heavy (non-hydrogen) atoms. The number of nitrogens with zero attached hydrogens (tertiary/aromatic N) is 3. The summed E-state index contributed by atoms with van der Waals surface area (Å²) in [5.41, 5.74) is -0.184. The maximum Gasteiger partial charge on any atom is 0.243 e. The van der Waals surface area contributed by atoms with E-state index in [4.69, 9.17) is 5.84 Å². The summed E-state index contributed by atoms with van der Waals surface area (Å²) in [6.07, 6.45) is 0.0953. The zero-order valence-corrected chi connectivity index (χ0v) is 17.9. The summed E-state index contributed by atoms with van der Waals surface area (Å²) in [5, 5.41) is 11.6. The van der Waals surface area contributed by atoms with E-state index in [0.717, 1.165) is 22.5 Å². The van der Waals surface area contributed by atoms with Crippen LogP contribution < -0.4 is 16.5 Å². The summed E-state index contributed by atoms with van der Waals surface area (Å²) >= 11 is 0.951. The maximum absolute atomic E-state index is 13.8. The van der Waals surface area contributed by atoms with Crippen molar-refractivity contribution in [2.45, 2.75) is 23.8 Å². The number of benzene rings is 2. The molecule has 3 rings (SSSR count). The van der Waals surface area contributed by atoms with Crippen LogP contribution in [0.25, 0.3) is 0 Å². The van der Waals surface area contributed by atoms with Crippen LogP contribution >= 0.6 is 11.8 Å². The average molecular weight is 482 g/mol. The lowest BCUT2D eigenvalue weighted by Crippen LogP contribution is -2.37. The topological polar surface area (TPSA) is 115 Å². The van der Waals surface area contributed by atoms with Gasteiger partial charge in [0.25, 0.3) is 0 Å². The third-order valence-electron chi connectivity index (χ3n) is 4.43. The average Bonchev–Trinajstić information content (AvgIpc) is 3.13. The van der Waals surface area contributed by atoms with Crippen molar-refractivity contribution in [1.29, 1.82) is 0 Å². The second-order valence-electron chi connectivity index (χ2n) is 6.79. The Morgan fingerprint density at radius 2 is 1.79 bits per heavy atom. The van der Waals surface area contributed by atoms with Crippen molar-refractivity contribution in [3.63, 3.8) is 0 Å². The molecule has 0 bridgehead atoms. The summed E-state index contributed by atoms with van der Waals surface area (Å²) in [5.74, 6) is -0.258. The number of hydrogen-bond donors (Lipinski definition) is 3. The van der Waals surface area contributed by atoms with E-state index >= 15 is 0 Å². The number of hydrogen-bond acceptors (Lipinski definition) is 6. The molecule has 0 saturated heterocycles. The van der Waals surface area contributed by atoms with Gasteiger partial charge in [-0.05, 0) is 30.7 Å². The van der Waals surface area contributed by atoms with Gasteiger partial charge in [0.15, 0.2) is 23.3 Å². The van der Waals surface area contributed by atoms with Crippen molar-refractivity contribution >= 4 is 29.3 Å². The number of anilines is 1. The molecular weight excluding hydrogens is 464 g/mol. The van der Waals surface area contributed by atoms with Gasteiger partial charge >= 0.3 is 0 Å². The first-order chi connectivity index (χ1) is 15.7. The number of carbonyl (C=O) groups is 2. The minimum atomic E-state index is -1.72. The molecule has 0 fully saturated rings. The predicted octanol–water partition coefficient (Wildman–Crippen LogP) is 2.37. The summed E-state index contributed by atoms with van der Waals surface area (Å²) in [4.78, 5) is 24.2. The molecule has 0 aliphatic carbocycles. The van der Waals surface area contributed by atoms with Gasteiger partial charge in [0.2, 0.25) is 17.0 Å². The summed E-state index contributed by atoms with van der Waals surface area (Å²) in [6, 6.07) is 7.65. The van der Waals surface area contributed by atoms with Crippen LogP contribution in [-0.4, -0.2) is 38.5 Å². The molecule has 2 aromatic carbocycles. The van der Waals surface area contributed by atoms with Gasteiger partial charge in [-0.3, -0.25) is 9.59 Å². The molecule has 174 valence electrons. The maximum atomic E-state index is 13.8. The number of amides is 2. The van der Waals surface area contributed by atoms with Crippen LogP contribution in [0.2, 0.25) is 0 Å². The fourth-order valence-corrected chi connectivity index (χ4v) is 3.47. The lowest BCUT2D eigenvalue weighted by molar-refractivity contribution is -0.123. The monoisotopic (exact) mass is 482 g/mol. The lowest BCUT2D eigenvalue weighted by atomic mass is 10.1. The molecule has 13 heteroatoms. The van der Waals surface area contributed by atoms with Crippen LogP contribution in [0.5, 0.6) is 0 Å². The van der Waals surface area contributed by atoms with Gasteiger partial charge in [-0.15, -0.1) is 10.2 Å². The Bertz CT molecular complexity index is 1190. The van der Waals surface area contributed by atoms with E-state index in [2.05, 4.69) is 15.5 Å². The number of nitrogens with one attached hydrogen (secondary N) is 2. The van der Waals surface area contributed by atoms with E-state index in [1.165, 1.54) is 13.0 Å². The highest BCUT2D eigenvalue weighted by molar-refractivity contribution is 8.00. The van der Waals surface area contributed by atoms with Crippen molar-refractivity contribution in [2.24, 2.45) is 0 Å². The zero-order valence-electron chi connectivity index (χ0n) is 17.1. The Morgan fingerprint density at radius 1 is 1.06 bits per heavy atom. The number of rotatable bonds is 8. The Kier molecular flexibility index (Phi) is 7.53. The van der Waals surface area contributed by atoms with Gasteiger partial charge in [0.1, 0.15) is 5.82 Å². The Labute approximate surface area is 189 Å². The van der Waals surface area contributed by atoms with Gasteiger partial charge in [-0.1, -0.05) is 30.0 Å². The quantitative estimate of drug-likeness (QED) is 0.197. The first kappa shape index (κ1) is 24.0. The van der Waals surface area contributed by atoms with Gasteiger partial charge < -0.3 is 16.5 Å². The molecule has 0 saturated carbocycles. The smallest absolute Gasteiger partial charge is 0.243 e. The van der Waals surface area contributed by atoms with Crippen LogP contribution in [0, 0.1) is 23.3 Å². The SMILES string of the molecule is CC(Sc1nnc(Cc2ccccc2F)n1N)C(=O)NCC(=O)Nc1ccc(F)c(F)c1F. The molecule has 0 aliphatic heterocycles. The van der Waals surface area contributed by atoms with Crippen LogP contribution in [0.1, 0.15) is 18.3 Å². The van der Waals surface area contributed by atoms with Gasteiger partial charge in [0, 0.05) is 6.42 Å². The number of aromatic nitrogens is 3. The number of thioether (sulfide) groups is 1. The van der Waals surface area contributed by atoms with E-state index in [9.17, 15) is 27.2 Å². The molecule has 1 unspecified atom stereocenters. The number of carbonyl (C=O) groups excluding carboxylic acids is 2. The number of nitrogens with two attached hydrogens (primary N) is 1. The third kappa shape index (κ3) is 5.80. The first-order valence-electron chi connectivity index (χ1n) is 9.47. The fourth-order valence-electron chi connectivity index (χ4n) is 2.66. The number of nitrogen functional groups attached to an aromatic ring is 1. The molecule has 1 atom stereocenters. The molecule has 0 radical (unpaired) electrons. The Hall–Kier alpha value is -3.61. The minimum absolute atomic E-state index is 0.0953. The van der Waals surface area contributed by atoms with Gasteiger partial charge in [-0.25, -0.2) is 22.2 Å². The number of halogens is 4. The van der Waals surface area contributed by atoms with Crippen molar-refractivity contribution in [3.8, 4) is 0 Å². The first-order valence-corrected chi connectivity index (χ1v) is 10.4. The Balaban J connectivity index is 1.54. The largest absolute Gasteiger partial charge is 0.346 e. The lowest BCUT2D eigenvalue weighted by Gasteiger charge is -2.12. The third-order valence-corrected chi connectivity index (χ3v) is 5.48. The molecule has 0 spiro atoms. The molecule has 1 aromatic heterocycles. The highest BCUT2D eigenvalue weighted by Crippen LogP contribution is 2.22. The van der Waals surface area contributed by atoms with Crippen LogP contribution in [0.4, 0.5) is 23.2 Å². The fraction of sp³-hybridized carbons (Fsp3) is 0.200. The highest BCUT2D eigenvalue weighted by Gasteiger charge is 2.21. The normalized spacial score (nSPS) is 11.8. The van der Waals surface area contributed by atoms with Crippen LogP contribution in [0.3, 0.4) is 0 Å². The molecular formula is C20H18F4N6O2S. The van der Waals surface area contributed by atoms with E-state index < -0.39 is 52.6 Å². The zero-order chi connectivity index (χ0) is 24.1. The predicted molar refractivity (Wildman–Crippen MR) is 113 cm³/mol. The van der Waals surface area contributed by atoms with E-state index in [0.29, 0.717) is 11.6 Å². The standard InChI is InChI=1S/C20H18F4N6O2S/c1-10(19(32)26-9-16(31)27-14-7-6-13(22)17(23)18(14)24)33-20-29-28-15(30(20)25)8-11-4-2-3-5-12(11)21/h2-7,10H,8-9,25H2,1H3,(H,26,32)(H,27,31). The van der Waals surface area contributed by atoms with Crippen molar-refractivity contribution in [2.75, 3.05) is 17.7 Å². The summed E-state index contributed by atoms with van der Waals surface area (Å²) in [7, 11) is 0. The second-order valence-corrected chi connectivity index (χ2v) is 8.09. The second kappa shape index (κ2) is 10.3. The molecule has 8 nitrogen and oxygen atoms in total. The molecule has 2 amide bonds. The Morgan fingerprint density at radius 3 is 2.52 bits per heavy atom. The van der Waals surface area contributed by atoms with Crippen LogP contribution in [0.15, 0.2) is 41.6 Å². The van der Waals surface area contributed by atoms with Crippen molar-refractivity contribution < 1.29 is 27.2 Å². The molecule has 4 N–H and O–H groups in total. The van der Waals surface area contributed by atoms with Crippen molar-refractivity contribution in [1.82, 2.24) is 20.2 Å². The molecule has 0 aliphatic rings. The van der Waals surface area contributed by atoms with E-state index in [-0.39, 0.29) is 17.4 Å². The highest BCUT2D eigenvalue weighted by atomic mass is 32.2. The molecule has 1 heterocycles. The van der Waals surface area contributed by atoms with Crippen molar-refractivity contribution in [3.05, 3.63) is 71.1 Å².